The molecule has 12 heteroatoms. The normalized spacial score (nSPS) is 18.5. The average Bonchev–Trinajstić information content (AvgIpc) is 3.46. The minimum absolute atomic E-state index is 0.0178. The van der Waals surface area contributed by atoms with E-state index >= 15 is 0 Å². The number of aryl methyl sites for hydroxylation is 2. The van der Waals surface area contributed by atoms with Crippen molar-refractivity contribution in [2.75, 3.05) is 19.6 Å². The zero-order chi connectivity index (χ0) is 25.1. The van der Waals surface area contributed by atoms with Crippen molar-refractivity contribution < 1.29 is 27.1 Å². The van der Waals surface area contributed by atoms with Gasteiger partial charge in [-0.3, -0.25) is 9.69 Å². The summed E-state index contributed by atoms with van der Waals surface area (Å²) in [6.45, 7) is 3.35. The van der Waals surface area contributed by atoms with Gasteiger partial charge in [-0.25, -0.2) is 13.9 Å². The predicted octanol–water partition coefficient (Wildman–Crippen LogP) is 4.31. The van der Waals surface area contributed by atoms with Gasteiger partial charge in [-0.2, -0.15) is 18.3 Å². The van der Waals surface area contributed by atoms with E-state index < -0.39 is 24.6 Å². The third-order valence-corrected chi connectivity index (χ3v) is 6.89. The minimum atomic E-state index is -4.31. The lowest BCUT2D eigenvalue weighted by molar-refractivity contribution is -0.144. The minimum Gasteiger partial charge on any atom is -0.488 e. The van der Waals surface area contributed by atoms with E-state index in [9.17, 15) is 22.4 Å². The van der Waals surface area contributed by atoms with Gasteiger partial charge in [0.25, 0.3) is 5.91 Å². The van der Waals surface area contributed by atoms with Crippen LogP contribution < -0.4 is 4.74 Å². The number of alkyl halides is 3. The fourth-order valence-corrected chi connectivity index (χ4v) is 4.79. The highest BCUT2D eigenvalue weighted by atomic mass is 35.5. The molecule has 0 unspecified atom stereocenters. The number of ether oxygens (including phenoxy) is 1. The summed E-state index contributed by atoms with van der Waals surface area (Å²) in [5.41, 5.74) is 3.69. The summed E-state index contributed by atoms with van der Waals surface area (Å²) in [5, 5.41) is 5.09. The van der Waals surface area contributed by atoms with Crippen LogP contribution >= 0.6 is 11.6 Å². The van der Waals surface area contributed by atoms with Crippen LogP contribution in [-0.4, -0.2) is 62.2 Å². The van der Waals surface area contributed by atoms with Crippen LogP contribution in [0.15, 0.2) is 18.2 Å². The van der Waals surface area contributed by atoms with Gasteiger partial charge < -0.3 is 9.64 Å². The Morgan fingerprint density at radius 2 is 2.03 bits per heavy atom. The average molecular weight is 512 g/mol. The van der Waals surface area contributed by atoms with Crippen LogP contribution in [0.25, 0.3) is 5.65 Å². The van der Waals surface area contributed by atoms with Gasteiger partial charge in [0.05, 0.1) is 47.3 Å². The van der Waals surface area contributed by atoms with Crippen molar-refractivity contribution >= 4 is 23.2 Å². The molecule has 1 amide bonds. The van der Waals surface area contributed by atoms with E-state index in [0.717, 1.165) is 23.4 Å². The van der Waals surface area contributed by atoms with Gasteiger partial charge in [0.15, 0.2) is 5.65 Å². The molecule has 2 aliphatic heterocycles. The highest BCUT2D eigenvalue weighted by Crippen LogP contribution is 2.32. The lowest BCUT2D eigenvalue weighted by atomic mass is 10.1. The Hall–Kier alpha value is -2.92. The molecule has 0 saturated carbocycles. The number of carbonyl (C=O) groups is 1. The molecule has 0 bridgehead atoms. The number of aromatic nitrogens is 3. The van der Waals surface area contributed by atoms with Gasteiger partial charge in [0, 0.05) is 24.7 Å². The Kier molecular flexibility index (Phi) is 5.87. The van der Waals surface area contributed by atoms with Crippen LogP contribution in [0.3, 0.4) is 0 Å². The number of rotatable bonds is 4. The van der Waals surface area contributed by atoms with E-state index in [1.807, 2.05) is 6.92 Å². The number of carbonyl (C=O) groups excluding carboxylic acids is 1. The highest BCUT2D eigenvalue weighted by Gasteiger charge is 2.36. The smallest absolute Gasteiger partial charge is 0.401 e. The summed E-state index contributed by atoms with van der Waals surface area (Å²) in [6.07, 6.45) is -4.54. The molecule has 2 aliphatic rings. The zero-order valence-electron chi connectivity index (χ0n) is 19.0. The van der Waals surface area contributed by atoms with Crippen molar-refractivity contribution in [3.8, 4) is 5.75 Å². The molecule has 3 aromatic rings. The van der Waals surface area contributed by atoms with Gasteiger partial charge in [0.2, 0.25) is 0 Å². The third kappa shape index (κ3) is 4.54. The SMILES string of the molecule is Cc1nc2c3c(nn2c(C)c1Cl)CN(C(=O)c1ccc(F)cc1O[C@@H]1CCN(CC(F)(F)F)C1)C3. The van der Waals surface area contributed by atoms with Crippen molar-refractivity contribution in [1.82, 2.24) is 24.4 Å². The van der Waals surface area contributed by atoms with Crippen LogP contribution in [0.5, 0.6) is 5.75 Å². The second kappa shape index (κ2) is 8.63. The van der Waals surface area contributed by atoms with E-state index in [1.165, 1.54) is 11.0 Å². The number of amides is 1. The summed E-state index contributed by atoms with van der Waals surface area (Å²) >= 11 is 6.29. The number of nitrogens with zero attached hydrogens (tertiary/aromatic N) is 5. The molecule has 186 valence electrons. The van der Waals surface area contributed by atoms with E-state index in [0.29, 0.717) is 28.5 Å². The van der Waals surface area contributed by atoms with E-state index in [-0.39, 0.29) is 43.4 Å². The summed E-state index contributed by atoms with van der Waals surface area (Å²) in [6, 6.07) is 3.60. The van der Waals surface area contributed by atoms with Crippen LogP contribution in [0, 0.1) is 19.7 Å². The topological polar surface area (TPSA) is 63.0 Å². The fourth-order valence-electron chi connectivity index (χ4n) is 4.67. The lowest BCUT2D eigenvalue weighted by Gasteiger charge is -2.21. The van der Waals surface area contributed by atoms with Gasteiger partial charge in [-0.05, 0) is 32.4 Å². The van der Waals surface area contributed by atoms with Crippen LogP contribution in [0.2, 0.25) is 5.02 Å². The number of hydrogen-bond acceptors (Lipinski definition) is 5. The first-order valence-electron chi connectivity index (χ1n) is 11.1. The molecule has 1 aromatic carbocycles. The number of hydrogen-bond donors (Lipinski definition) is 0. The van der Waals surface area contributed by atoms with Crippen molar-refractivity contribution in [1.29, 1.82) is 0 Å². The molecule has 4 heterocycles. The predicted molar refractivity (Wildman–Crippen MR) is 119 cm³/mol. The number of fused-ring (bicyclic) bond motifs is 3. The first kappa shape index (κ1) is 23.8. The molecule has 7 nitrogen and oxygen atoms in total. The molecule has 0 N–H and O–H groups in total. The number of halogens is 5. The fraction of sp³-hybridized carbons (Fsp3) is 0.435. The molecule has 2 aromatic heterocycles. The quantitative estimate of drug-likeness (QED) is 0.489. The van der Waals surface area contributed by atoms with E-state index in [2.05, 4.69) is 10.1 Å². The first-order chi connectivity index (χ1) is 16.5. The molecule has 0 radical (unpaired) electrons. The summed E-state index contributed by atoms with van der Waals surface area (Å²) in [5.74, 6) is -0.968. The zero-order valence-corrected chi connectivity index (χ0v) is 19.8. The van der Waals surface area contributed by atoms with Gasteiger partial charge >= 0.3 is 6.18 Å². The third-order valence-electron chi connectivity index (χ3n) is 6.34. The van der Waals surface area contributed by atoms with Crippen molar-refractivity contribution in [2.24, 2.45) is 0 Å². The maximum Gasteiger partial charge on any atom is 0.401 e. The van der Waals surface area contributed by atoms with Gasteiger partial charge in [-0.15, -0.1) is 0 Å². The van der Waals surface area contributed by atoms with Crippen molar-refractivity contribution in [2.45, 2.75) is 45.6 Å². The standard InChI is InChI=1S/C23H22ClF4N5O2/c1-12-20(24)13(2)33-21(29-12)17-9-32(10-18(17)30-33)22(34)16-4-3-14(25)7-19(16)35-15-5-6-31(8-15)11-23(26,27)28/h3-4,7,15H,5-6,8-11H2,1-2H3/t15-/m1/s1. The van der Waals surface area contributed by atoms with Crippen LogP contribution in [0.4, 0.5) is 17.6 Å². The Morgan fingerprint density at radius 3 is 2.77 bits per heavy atom. The summed E-state index contributed by atoms with van der Waals surface area (Å²) in [4.78, 5) is 20.7. The lowest BCUT2D eigenvalue weighted by Crippen LogP contribution is -2.34. The molecule has 5 rings (SSSR count). The van der Waals surface area contributed by atoms with Gasteiger partial charge in [0.1, 0.15) is 17.7 Å². The van der Waals surface area contributed by atoms with Crippen molar-refractivity contribution in [3.05, 3.63) is 57.2 Å². The molecule has 1 fully saturated rings. The number of benzene rings is 1. The molecule has 1 saturated heterocycles. The van der Waals surface area contributed by atoms with E-state index in [1.54, 1.807) is 16.3 Å². The molecule has 0 aliphatic carbocycles. The van der Waals surface area contributed by atoms with Crippen LogP contribution in [0.1, 0.15) is 39.4 Å². The molecule has 1 atom stereocenters. The maximum atomic E-state index is 14.0. The van der Waals surface area contributed by atoms with E-state index in [4.69, 9.17) is 16.3 Å². The van der Waals surface area contributed by atoms with Crippen molar-refractivity contribution in [3.63, 3.8) is 0 Å². The first-order valence-corrected chi connectivity index (χ1v) is 11.5. The Balaban J connectivity index is 1.35. The highest BCUT2D eigenvalue weighted by molar-refractivity contribution is 6.31. The largest absolute Gasteiger partial charge is 0.488 e. The summed E-state index contributed by atoms with van der Waals surface area (Å²) < 4.78 is 59.6. The second-order valence-electron chi connectivity index (χ2n) is 8.94. The Bertz CT molecular complexity index is 1330. The number of likely N-dealkylation sites (tertiary alicyclic amines) is 1. The van der Waals surface area contributed by atoms with Gasteiger partial charge in [-0.1, -0.05) is 11.6 Å². The van der Waals surface area contributed by atoms with Crippen LogP contribution in [-0.2, 0) is 13.1 Å². The molecular formula is C23H22ClF4N5O2. The second-order valence-corrected chi connectivity index (χ2v) is 9.32. The summed E-state index contributed by atoms with van der Waals surface area (Å²) in [7, 11) is 0. The maximum absolute atomic E-state index is 14.0. The molecule has 35 heavy (non-hydrogen) atoms. The monoisotopic (exact) mass is 511 g/mol. The molecule has 0 spiro atoms. The molecular weight excluding hydrogens is 490 g/mol. The Morgan fingerprint density at radius 1 is 1.26 bits per heavy atom. The Labute approximate surface area is 203 Å².